The summed E-state index contributed by atoms with van der Waals surface area (Å²) >= 11 is 0. The van der Waals surface area contributed by atoms with E-state index < -0.39 is 23.7 Å². The maximum absolute atomic E-state index is 12.7. The molecule has 3 aliphatic rings. The first kappa shape index (κ1) is 23.8. The maximum atomic E-state index is 12.7. The first-order valence-electron chi connectivity index (χ1n) is 13.2. The second kappa shape index (κ2) is 8.90. The van der Waals surface area contributed by atoms with E-state index in [4.69, 9.17) is 9.97 Å². The molecule has 2 heterocycles. The lowest BCUT2D eigenvalue weighted by atomic mass is 9.98. The van der Waals surface area contributed by atoms with Gasteiger partial charge in [-0.25, -0.2) is 15.0 Å². The number of nitrogens with one attached hydrogen (secondary N) is 2. The van der Waals surface area contributed by atoms with Crippen molar-refractivity contribution in [2.45, 2.75) is 43.1 Å². The Labute approximate surface area is 225 Å². The number of nitrogens with zero attached hydrogens (tertiary/aromatic N) is 4. The molecule has 7 atom stereocenters. The molecule has 196 valence electrons. The van der Waals surface area contributed by atoms with Crippen molar-refractivity contribution in [1.82, 2.24) is 24.8 Å². The Bertz CT molecular complexity index is 1630. The van der Waals surface area contributed by atoms with Crippen LogP contribution >= 0.6 is 0 Å². The van der Waals surface area contributed by atoms with Crippen LogP contribution in [0.3, 0.4) is 0 Å². The largest absolute Gasteiger partial charge is 0.389 e. The number of hydrogen-bond acceptors (Lipinski definition) is 7. The summed E-state index contributed by atoms with van der Waals surface area (Å²) < 4.78 is 1.79. The Balaban J connectivity index is 1.28. The monoisotopic (exact) mass is 520 g/mol. The minimum Gasteiger partial charge on any atom is -0.389 e. The van der Waals surface area contributed by atoms with Crippen LogP contribution in [0.4, 0.5) is 5.82 Å². The van der Waals surface area contributed by atoms with Crippen LogP contribution in [-0.4, -0.2) is 60.9 Å². The Hall–Kier alpha value is -4.26. The molecule has 0 spiro atoms. The lowest BCUT2D eigenvalue weighted by Crippen LogP contribution is -2.41. The number of anilines is 1. The number of amides is 1. The number of aliphatic hydroxyl groups is 2. The summed E-state index contributed by atoms with van der Waals surface area (Å²) in [5, 5.41) is 28.1. The molecule has 3 aliphatic carbocycles. The van der Waals surface area contributed by atoms with Crippen molar-refractivity contribution in [1.29, 1.82) is 0 Å². The van der Waals surface area contributed by atoms with Crippen LogP contribution in [-0.2, 0) is 4.79 Å². The highest BCUT2D eigenvalue weighted by atomic mass is 16.3. The average Bonchev–Trinajstić information content (AvgIpc) is 3.85. The van der Waals surface area contributed by atoms with E-state index in [0.717, 1.165) is 12.0 Å². The van der Waals surface area contributed by atoms with Crippen LogP contribution < -0.4 is 10.6 Å². The molecule has 4 unspecified atom stereocenters. The fourth-order valence-corrected chi connectivity index (χ4v) is 6.33. The smallest absolute Gasteiger partial charge is 0.229 e. The molecule has 2 aromatic heterocycles. The predicted molar refractivity (Wildman–Crippen MR) is 145 cm³/mol. The molecule has 0 saturated heterocycles. The average molecular weight is 521 g/mol. The van der Waals surface area contributed by atoms with Crippen molar-refractivity contribution in [2.24, 2.45) is 11.3 Å². The van der Waals surface area contributed by atoms with Gasteiger partial charge in [0.05, 0.1) is 23.9 Å². The number of benzene rings is 2. The summed E-state index contributed by atoms with van der Waals surface area (Å²) in [5.41, 5.74) is 2.21. The molecule has 39 heavy (non-hydrogen) atoms. The molecule has 3 fully saturated rings. The van der Waals surface area contributed by atoms with E-state index in [2.05, 4.69) is 39.6 Å². The van der Waals surface area contributed by atoms with Gasteiger partial charge >= 0.3 is 0 Å². The van der Waals surface area contributed by atoms with E-state index in [1.54, 1.807) is 17.9 Å². The second-order valence-electron chi connectivity index (χ2n) is 10.7. The zero-order valence-corrected chi connectivity index (χ0v) is 21.3. The molecule has 9 nitrogen and oxygen atoms in total. The van der Waals surface area contributed by atoms with Crippen LogP contribution in [0, 0.1) is 23.2 Å². The van der Waals surface area contributed by atoms with Crippen LogP contribution in [0.5, 0.6) is 0 Å². The summed E-state index contributed by atoms with van der Waals surface area (Å²) in [6, 6.07) is 19.7. The lowest BCUT2D eigenvalue weighted by molar-refractivity contribution is -0.132. The Morgan fingerprint density at radius 3 is 2.54 bits per heavy atom. The van der Waals surface area contributed by atoms with E-state index >= 15 is 0 Å². The minimum absolute atomic E-state index is 0.203. The van der Waals surface area contributed by atoms with Gasteiger partial charge in [-0.2, -0.15) is 0 Å². The van der Waals surface area contributed by atoms with Gasteiger partial charge in [0.1, 0.15) is 6.10 Å². The molecule has 0 bridgehead atoms. The van der Waals surface area contributed by atoms with Gasteiger partial charge in [0, 0.05) is 30.5 Å². The molecule has 0 radical (unpaired) electrons. The van der Waals surface area contributed by atoms with Crippen LogP contribution in [0.25, 0.3) is 11.2 Å². The number of aliphatic hydroxyl groups excluding tert-OH is 2. The van der Waals surface area contributed by atoms with Crippen LogP contribution in [0.2, 0.25) is 0 Å². The molecule has 0 aliphatic heterocycles. The topological polar surface area (TPSA) is 125 Å². The molecule has 1 amide bonds. The molecular formula is C30H28N6O3. The molecule has 4 N–H and O–H groups in total. The quantitative estimate of drug-likeness (QED) is 0.298. The van der Waals surface area contributed by atoms with E-state index in [0.29, 0.717) is 35.1 Å². The zero-order chi connectivity index (χ0) is 26.7. The Kier molecular flexibility index (Phi) is 5.44. The SMILES string of the molecule is CNC(=O)[C@]12CC1[C@@H](n1cnc3c(NC4CC4c4ccccc4)nc(C#Cc4ccccc4)nc31)[C@H](O)C2O. The third-order valence-corrected chi connectivity index (χ3v) is 8.50. The van der Waals surface area contributed by atoms with E-state index in [-0.39, 0.29) is 17.9 Å². The first-order chi connectivity index (χ1) is 19.0. The normalized spacial score (nSPS) is 30.2. The Morgan fingerprint density at radius 2 is 1.79 bits per heavy atom. The van der Waals surface area contributed by atoms with Gasteiger partial charge in [-0.05, 0) is 36.5 Å². The van der Waals surface area contributed by atoms with Crippen molar-refractivity contribution in [3.05, 3.63) is 83.9 Å². The molecule has 2 aromatic carbocycles. The van der Waals surface area contributed by atoms with Crippen molar-refractivity contribution in [2.75, 3.05) is 12.4 Å². The number of hydrogen-bond donors (Lipinski definition) is 4. The van der Waals surface area contributed by atoms with Gasteiger partial charge in [0.25, 0.3) is 0 Å². The standard InChI is InChI=1S/C30H28N6O3/c1-31-29(39)30-15-20(30)24(25(37)26(30)38)36-16-32-23-27(33-21-14-19(21)18-10-6-3-7-11-18)34-22(35-28(23)36)13-12-17-8-4-2-5-9-17/h2-11,16,19-21,24-26,37-38H,14-15H2,1H3,(H,31,39)(H,33,34,35)/t19?,20?,21?,24-,25+,26?,30-/m1/s1. The highest BCUT2D eigenvalue weighted by molar-refractivity contribution is 5.88. The number of aromatic nitrogens is 4. The summed E-state index contributed by atoms with van der Waals surface area (Å²) in [4.78, 5) is 26.8. The number of carbonyl (C=O) groups excluding carboxylic acids is 1. The van der Waals surface area contributed by atoms with Crippen molar-refractivity contribution < 1.29 is 15.0 Å². The van der Waals surface area contributed by atoms with Crippen molar-refractivity contribution in [3.8, 4) is 11.8 Å². The lowest BCUT2D eigenvalue weighted by Gasteiger charge is -2.23. The fraction of sp³-hybridized carbons (Fsp3) is 0.333. The molecule has 7 rings (SSSR count). The predicted octanol–water partition coefficient (Wildman–Crippen LogP) is 2.22. The molecule has 3 saturated carbocycles. The molecule has 9 heteroatoms. The summed E-state index contributed by atoms with van der Waals surface area (Å²) in [5.74, 6) is 7.02. The third kappa shape index (κ3) is 3.79. The fourth-order valence-electron chi connectivity index (χ4n) is 6.33. The van der Waals surface area contributed by atoms with Crippen LogP contribution in [0.15, 0.2) is 67.0 Å². The number of fused-ring (bicyclic) bond motifs is 2. The van der Waals surface area contributed by atoms with E-state index in [1.165, 1.54) is 5.56 Å². The minimum atomic E-state index is -1.17. The highest BCUT2D eigenvalue weighted by Gasteiger charge is 2.75. The third-order valence-electron chi connectivity index (χ3n) is 8.50. The molecular weight excluding hydrogens is 492 g/mol. The first-order valence-corrected chi connectivity index (χ1v) is 13.2. The van der Waals surface area contributed by atoms with Crippen molar-refractivity contribution >= 4 is 22.9 Å². The Morgan fingerprint density at radius 1 is 1.05 bits per heavy atom. The van der Waals surface area contributed by atoms with Crippen molar-refractivity contribution in [3.63, 3.8) is 0 Å². The van der Waals surface area contributed by atoms with E-state index in [1.807, 2.05) is 48.5 Å². The number of carbonyl (C=O) groups is 1. The van der Waals surface area contributed by atoms with Crippen LogP contribution in [0.1, 0.15) is 41.8 Å². The van der Waals surface area contributed by atoms with E-state index in [9.17, 15) is 15.0 Å². The molecule has 4 aromatic rings. The van der Waals surface area contributed by atoms with Gasteiger partial charge in [0.15, 0.2) is 17.0 Å². The second-order valence-corrected chi connectivity index (χ2v) is 10.7. The summed E-state index contributed by atoms with van der Waals surface area (Å²) in [6.07, 6.45) is 0.798. The summed E-state index contributed by atoms with van der Waals surface area (Å²) in [7, 11) is 1.55. The zero-order valence-electron chi connectivity index (χ0n) is 21.3. The van der Waals surface area contributed by atoms with Gasteiger partial charge < -0.3 is 25.4 Å². The van der Waals surface area contributed by atoms with Gasteiger partial charge in [-0.15, -0.1) is 0 Å². The van der Waals surface area contributed by atoms with Gasteiger partial charge in [-0.3, -0.25) is 4.79 Å². The van der Waals surface area contributed by atoms with Gasteiger partial charge in [0.2, 0.25) is 11.7 Å². The highest BCUT2D eigenvalue weighted by Crippen LogP contribution is 2.67. The van der Waals surface area contributed by atoms with Gasteiger partial charge in [-0.1, -0.05) is 54.5 Å². The maximum Gasteiger partial charge on any atom is 0.229 e. The number of imidazole rings is 1. The number of rotatable bonds is 5. The summed E-state index contributed by atoms with van der Waals surface area (Å²) in [6.45, 7) is 0.